The van der Waals surface area contributed by atoms with Gasteiger partial charge in [0.15, 0.2) is 5.78 Å². The first-order valence-electron chi connectivity index (χ1n) is 10.8. The highest BCUT2D eigenvalue weighted by atomic mass is 16.5. The minimum atomic E-state index is -0.239. The minimum absolute atomic E-state index is 0.0103. The molecule has 0 unspecified atom stereocenters. The zero-order valence-electron chi connectivity index (χ0n) is 19.4. The number of carbonyl (C=O) groups is 1. The highest BCUT2D eigenvalue weighted by molar-refractivity contribution is 6.09. The first kappa shape index (κ1) is 22.6. The first-order chi connectivity index (χ1) is 14.6. The molecule has 0 aliphatic rings. The molecule has 0 aromatic heterocycles. The van der Waals surface area contributed by atoms with Crippen LogP contribution >= 0.6 is 0 Å². The first-order valence-corrected chi connectivity index (χ1v) is 10.8. The van der Waals surface area contributed by atoms with E-state index in [0.717, 1.165) is 17.9 Å². The number of hydrogen-bond donors (Lipinski definition) is 0. The summed E-state index contributed by atoms with van der Waals surface area (Å²) in [4.78, 5) is 12.8. The van der Waals surface area contributed by atoms with Gasteiger partial charge >= 0.3 is 0 Å². The van der Waals surface area contributed by atoms with Crippen molar-refractivity contribution in [3.8, 4) is 17.2 Å². The fraction of sp³-hybridized carbons (Fsp3) is 0.321. The van der Waals surface area contributed by atoms with Gasteiger partial charge in [-0.25, -0.2) is 0 Å². The van der Waals surface area contributed by atoms with Gasteiger partial charge in [0.05, 0.1) is 0 Å². The highest BCUT2D eigenvalue weighted by Crippen LogP contribution is 2.28. The van der Waals surface area contributed by atoms with E-state index in [1.54, 1.807) is 12.1 Å². The molecule has 31 heavy (non-hydrogen) atoms. The van der Waals surface area contributed by atoms with Gasteiger partial charge in [0.1, 0.15) is 22.8 Å². The quantitative estimate of drug-likeness (QED) is 0.372. The summed E-state index contributed by atoms with van der Waals surface area (Å²) in [5.74, 6) is 2.21. The predicted molar refractivity (Wildman–Crippen MR) is 127 cm³/mol. The summed E-state index contributed by atoms with van der Waals surface area (Å²) in [6.45, 7) is 12.7. The standard InChI is InChI=1S/C28H32O3/c1-7-28(5,6)22-12-8-20(9-13-22)26(29)21-10-14-23(15-11-21)30-24-16-18-25(19-17-24)31-27(2,3)4/h8-19H,7H2,1-6H3. The summed E-state index contributed by atoms with van der Waals surface area (Å²) in [5.41, 5.74) is 2.45. The maximum absolute atomic E-state index is 12.8. The number of ether oxygens (including phenoxy) is 2. The maximum Gasteiger partial charge on any atom is 0.193 e. The van der Waals surface area contributed by atoms with Crippen molar-refractivity contribution in [3.05, 3.63) is 89.5 Å². The second-order valence-electron chi connectivity index (χ2n) is 9.46. The Morgan fingerprint density at radius 2 is 1.10 bits per heavy atom. The fourth-order valence-electron chi connectivity index (χ4n) is 3.18. The van der Waals surface area contributed by atoms with Crippen LogP contribution in [-0.2, 0) is 5.41 Å². The number of hydrogen-bond acceptors (Lipinski definition) is 3. The van der Waals surface area contributed by atoms with Gasteiger partial charge in [0.2, 0.25) is 0 Å². The molecule has 0 bridgehead atoms. The Morgan fingerprint density at radius 1 is 0.677 bits per heavy atom. The summed E-state index contributed by atoms with van der Waals surface area (Å²) in [6.07, 6.45) is 1.05. The smallest absolute Gasteiger partial charge is 0.193 e. The van der Waals surface area contributed by atoms with Crippen LogP contribution in [0.1, 0.15) is 69.4 Å². The Bertz CT molecular complexity index is 1010. The molecule has 3 nitrogen and oxygen atoms in total. The molecule has 0 heterocycles. The number of carbonyl (C=O) groups excluding carboxylic acids is 1. The van der Waals surface area contributed by atoms with Gasteiger partial charge in [-0.3, -0.25) is 4.79 Å². The lowest BCUT2D eigenvalue weighted by Crippen LogP contribution is -2.22. The van der Waals surface area contributed by atoms with Crippen molar-refractivity contribution in [1.82, 2.24) is 0 Å². The molecule has 0 spiro atoms. The van der Waals surface area contributed by atoms with Crippen molar-refractivity contribution in [2.24, 2.45) is 0 Å². The van der Waals surface area contributed by atoms with Crippen LogP contribution in [0.3, 0.4) is 0 Å². The van der Waals surface area contributed by atoms with Crippen LogP contribution in [-0.4, -0.2) is 11.4 Å². The molecular formula is C28H32O3. The van der Waals surface area contributed by atoms with Crippen molar-refractivity contribution in [2.45, 2.75) is 59.0 Å². The molecule has 0 radical (unpaired) electrons. The van der Waals surface area contributed by atoms with E-state index < -0.39 is 0 Å². The monoisotopic (exact) mass is 416 g/mol. The SMILES string of the molecule is CCC(C)(C)c1ccc(C(=O)c2ccc(Oc3ccc(OC(C)(C)C)cc3)cc2)cc1. The zero-order valence-corrected chi connectivity index (χ0v) is 19.4. The molecule has 3 aromatic carbocycles. The third-order valence-electron chi connectivity index (χ3n) is 5.41. The van der Waals surface area contributed by atoms with Gasteiger partial charge in [-0.15, -0.1) is 0 Å². The summed E-state index contributed by atoms with van der Waals surface area (Å²) < 4.78 is 11.7. The maximum atomic E-state index is 12.8. The second-order valence-corrected chi connectivity index (χ2v) is 9.46. The van der Waals surface area contributed by atoms with E-state index in [1.807, 2.05) is 69.3 Å². The summed E-state index contributed by atoms with van der Waals surface area (Å²) in [5, 5.41) is 0. The molecule has 0 saturated heterocycles. The van der Waals surface area contributed by atoms with E-state index in [4.69, 9.17) is 9.47 Å². The third-order valence-corrected chi connectivity index (χ3v) is 5.41. The Kier molecular flexibility index (Phi) is 6.54. The highest BCUT2D eigenvalue weighted by Gasteiger charge is 2.18. The average molecular weight is 417 g/mol. The molecular weight excluding hydrogens is 384 g/mol. The minimum Gasteiger partial charge on any atom is -0.488 e. The van der Waals surface area contributed by atoms with Crippen LogP contribution < -0.4 is 9.47 Å². The molecule has 3 aromatic rings. The Morgan fingerprint density at radius 3 is 1.55 bits per heavy atom. The van der Waals surface area contributed by atoms with Crippen LogP contribution in [0.2, 0.25) is 0 Å². The lowest BCUT2D eigenvalue weighted by atomic mass is 9.82. The molecule has 0 amide bonds. The molecule has 0 aliphatic carbocycles. The van der Waals surface area contributed by atoms with Gasteiger partial charge in [-0.2, -0.15) is 0 Å². The van der Waals surface area contributed by atoms with Crippen molar-refractivity contribution >= 4 is 5.78 Å². The molecule has 0 atom stereocenters. The van der Waals surface area contributed by atoms with Crippen LogP contribution in [0.4, 0.5) is 0 Å². The Balaban J connectivity index is 1.66. The lowest BCUT2D eigenvalue weighted by molar-refractivity contribution is 0.103. The van der Waals surface area contributed by atoms with Crippen LogP contribution in [0, 0.1) is 0 Å². The number of rotatable bonds is 7. The average Bonchev–Trinajstić information content (AvgIpc) is 2.74. The molecule has 0 saturated carbocycles. The van der Waals surface area contributed by atoms with Gasteiger partial charge in [-0.1, -0.05) is 45.0 Å². The van der Waals surface area contributed by atoms with Crippen LogP contribution in [0.25, 0.3) is 0 Å². The third kappa shape index (κ3) is 5.97. The number of benzene rings is 3. The normalized spacial score (nSPS) is 11.8. The van der Waals surface area contributed by atoms with Crippen molar-refractivity contribution in [3.63, 3.8) is 0 Å². The van der Waals surface area contributed by atoms with Crippen molar-refractivity contribution in [2.75, 3.05) is 0 Å². The van der Waals surface area contributed by atoms with Gasteiger partial charge in [0.25, 0.3) is 0 Å². The zero-order chi connectivity index (χ0) is 22.6. The fourth-order valence-corrected chi connectivity index (χ4v) is 3.18. The van der Waals surface area contributed by atoms with E-state index >= 15 is 0 Å². The number of ketones is 1. The molecule has 0 fully saturated rings. The van der Waals surface area contributed by atoms with Crippen LogP contribution in [0.5, 0.6) is 17.2 Å². The topological polar surface area (TPSA) is 35.5 Å². The van der Waals surface area contributed by atoms with E-state index in [0.29, 0.717) is 16.9 Å². The molecule has 0 N–H and O–H groups in total. The summed E-state index contributed by atoms with van der Waals surface area (Å²) in [6, 6.07) is 22.7. The molecule has 0 aliphatic heterocycles. The lowest BCUT2D eigenvalue weighted by Gasteiger charge is -2.23. The summed E-state index contributed by atoms with van der Waals surface area (Å²) in [7, 11) is 0. The molecule has 3 rings (SSSR count). The van der Waals surface area contributed by atoms with Gasteiger partial charge in [-0.05, 0) is 86.7 Å². The predicted octanol–water partition coefficient (Wildman–Crippen LogP) is 7.57. The van der Waals surface area contributed by atoms with E-state index in [-0.39, 0.29) is 16.8 Å². The van der Waals surface area contributed by atoms with E-state index in [9.17, 15) is 4.79 Å². The molecule has 3 heteroatoms. The largest absolute Gasteiger partial charge is 0.488 e. The second kappa shape index (κ2) is 8.97. The molecule has 162 valence electrons. The van der Waals surface area contributed by atoms with E-state index in [1.165, 1.54) is 5.56 Å². The Labute approximate surface area is 186 Å². The van der Waals surface area contributed by atoms with Gasteiger partial charge in [0, 0.05) is 11.1 Å². The van der Waals surface area contributed by atoms with Crippen LogP contribution in [0.15, 0.2) is 72.8 Å². The Hall–Kier alpha value is -3.07. The summed E-state index contributed by atoms with van der Waals surface area (Å²) >= 11 is 0. The van der Waals surface area contributed by atoms with E-state index in [2.05, 4.69) is 32.9 Å². The van der Waals surface area contributed by atoms with Gasteiger partial charge < -0.3 is 9.47 Å². The van der Waals surface area contributed by atoms with Crippen molar-refractivity contribution < 1.29 is 14.3 Å². The van der Waals surface area contributed by atoms with Crippen molar-refractivity contribution in [1.29, 1.82) is 0 Å².